The van der Waals surface area contributed by atoms with Gasteiger partial charge in [0.25, 0.3) is 5.91 Å². The van der Waals surface area contributed by atoms with E-state index >= 15 is 0 Å². The van der Waals surface area contributed by atoms with E-state index in [2.05, 4.69) is 15.7 Å². The summed E-state index contributed by atoms with van der Waals surface area (Å²) >= 11 is 0. The van der Waals surface area contributed by atoms with Gasteiger partial charge in [0, 0.05) is 18.8 Å². The van der Waals surface area contributed by atoms with E-state index in [1.807, 2.05) is 0 Å². The van der Waals surface area contributed by atoms with Crippen LogP contribution in [0.2, 0.25) is 0 Å². The molecule has 1 aliphatic heterocycles. The quantitative estimate of drug-likeness (QED) is 0.804. The van der Waals surface area contributed by atoms with Gasteiger partial charge in [-0.15, -0.1) is 0 Å². The van der Waals surface area contributed by atoms with E-state index in [-0.39, 0.29) is 11.7 Å². The van der Waals surface area contributed by atoms with Crippen LogP contribution in [0.25, 0.3) is 0 Å². The monoisotopic (exact) mass is 246 g/mol. The van der Waals surface area contributed by atoms with Crippen molar-refractivity contribution < 1.29 is 9.18 Å². The summed E-state index contributed by atoms with van der Waals surface area (Å²) < 4.78 is 14.7. The third kappa shape index (κ3) is 1.71. The fourth-order valence-electron chi connectivity index (χ4n) is 2.00. The molecule has 18 heavy (non-hydrogen) atoms. The van der Waals surface area contributed by atoms with Crippen LogP contribution < -0.4 is 10.6 Å². The van der Waals surface area contributed by atoms with Crippen LogP contribution in [-0.4, -0.2) is 15.7 Å². The highest BCUT2D eigenvalue weighted by atomic mass is 19.1. The average Bonchev–Trinajstić information content (AvgIpc) is 2.74. The Hall–Kier alpha value is -2.37. The number of aryl methyl sites for hydroxylation is 1. The first-order valence-corrected chi connectivity index (χ1v) is 5.49. The number of hydrogen-bond donors (Lipinski definition) is 2. The lowest BCUT2D eigenvalue weighted by atomic mass is 10.1. The molecule has 0 bridgehead atoms. The summed E-state index contributed by atoms with van der Waals surface area (Å²) in [5.74, 6) is -0.600. The van der Waals surface area contributed by atoms with E-state index in [1.165, 1.54) is 12.1 Å². The van der Waals surface area contributed by atoms with Gasteiger partial charge < -0.3 is 10.6 Å². The summed E-state index contributed by atoms with van der Waals surface area (Å²) in [4.78, 5) is 11.9. The van der Waals surface area contributed by atoms with E-state index in [0.717, 1.165) is 5.56 Å². The molecule has 1 aliphatic rings. The Bertz CT molecular complexity index is 622. The van der Waals surface area contributed by atoms with Gasteiger partial charge in [-0.05, 0) is 18.2 Å². The lowest BCUT2D eigenvalue weighted by Gasteiger charge is -2.26. The molecule has 0 saturated carbocycles. The fraction of sp³-hybridized carbons (Fsp3) is 0.167. The first-order chi connectivity index (χ1) is 8.63. The number of anilines is 2. The molecular weight excluding hydrogens is 235 g/mol. The summed E-state index contributed by atoms with van der Waals surface area (Å²) in [7, 11) is 1.79. The van der Waals surface area contributed by atoms with Gasteiger partial charge in [-0.2, -0.15) is 5.10 Å². The Morgan fingerprint density at radius 1 is 1.39 bits per heavy atom. The van der Waals surface area contributed by atoms with E-state index in [0.29, 0.717) is 11.4 Å². The van der Waals surface area contributed by atoms with Gasteiger partial charge in [0.1, 0.15) is 11.9 Å². The lowest BCUT2D eigenvalue weighted by Crippen LogP contribution is -2.31. The van der Waals surface area contributed by atoms with Crippen molar-refractivity contribution in [1.29, 1.82) is 0 Å². The van der Waals surface area contributed by atoms with Gasteiger partial charge in [-0.25, -0.2) is 4.39 Å². The molecule has 2 aromatic rings. The van der Waals surface area contributed by atoms with Crippen LogP contribution in [0.4, 0.5) is 15.8 Å². The summed E-state index contributed by atoms with van der Waals surface area (Å²) in [5.41, 5.74) is 1.93. The number of nitrogens with one attached hydrogen (secondary N) is 2. The molecule has 2 heterocycles. The topological polar surface area (TPSA) is 59.0 Å². The molecular formula is C12H11FN4O. The predicted molar refractivity (Wildman–Crippen MR) is 64.6 cm³/mol. The van der Waals surface area contributed by atoms with Crippen molar-refractivity contribution in [3.8, 4) is 0 Å². The van der Waals surface area contributed by atoms with Crippen LogP contribution in [0.15, 0.2) is 30.6 Å². The first-order valence-electron chi connectivity index (χ1n) is 5.49. The van der Waals surface area contributed by atoms with E-state index in [4.69, 9.17) is 0 Å². The number of aromatic nitrogens is 2. The lowest BCUT2D eigenvalue weighted by molar-refractivity contribution is -0.117. The van der Waals surface area contributed by atoms with Gasteiger partial charge in [-0.1, -0.05) is 0 Å². The van der Waals surface area contributed by atoms with Crippen LogP contribution >= 0.6 is 0 Å². The molecule has 0 saturated heterocycles. The van der Waals surface area contributed by atoms with Crippen molar-refractivity contribution in [2.45, 2.75) is 6.04 Å². The molecule has 1 aromatic carbocycles. The van der Waals surface area contributed by atoms with Crippen molar-refractivity contribution in [3.05, 3.63) is 42.0 Å². The second-order valence-electron chi connectivity index (χ2n) is 4.20. The number of benzene rings is 1. The SMILES string of the molecule is Cn1cc(C2Nc3ccc(F)cc3NC2=O)cn1. The van der Waals surface area contributed by atoms with Crippen LogP contribution in [0.3, 0.4) is 0 Å². The molecule has 1 atom stereocenters. The van der Waals surface area contributed by atoms with Crippen molar-refractivity contribution in [3.63, 3.8) is 0 Å². The Labute approximate surface area is 103 Å². The second kappa shape index (κ2) is 3.83. The van der Waals surface area contributed by atoms with Crippen molar-refractivity contribution in [2.75, 3.05) is 10.6 Å². The molecule has 1 aromatic heterocycles. The molecule has 1 unspecified atom stereocenters. The first kappa shape index (κ1) is 10.8. The zero-order valence-corrected chi connectivity index (χ0v) is 9.64. The van der Waals surface area contributed by atoms with E-state index in [1.54, 1.807) is 30.2 Å². The minimum absolute atomic E-state index is 0.221. The number of amides is 1. The van der Waals surface area contributed by atoms with E-state index < -0.39 is 6.04 Å². The zero-order chi connectivity index (χ0) is 12.7. The molecule has 0 spiro atoms. The average molecular weight is 246 g/mol. The highest BCUT2D eigenvalue weighted by Crippen LogP contribution is 2.32. The van der Waals surface area contributed by atoms with E-state index in [9.17, 15) is 9.18 Å². The maximum Gasteiger partial charge on any atom is 0.251 e. The third-order valence-electron chi connectivity index (χ3n) is 2.86. The number of carbonyl (C=O) groups is 1. The van der Waals surface area contributed by atoms with Gasteiger partial charge in [0.15, 0.2) is 0 Å². The highest BCUT2D eigenvalue weighted by molar-refractivity contribution is 6.03. The second-order valence-corrected chi connectivity index (χ2v) is 4.20. The normalized spacial score (nSPS) is 17.9. The van der Waals surface area contributed by atoms with Gasteiger partial charge in [0.05, 0.1) is 17.6 Å². The summed E-state index contributed by atoms with van der Waals surface area (Å²) in [6.45, 7) is 0. The van der Waals surface area contributed by atoms with Crippen LogP contribution in [-0.2, 0) is 11.8 Å². The van der Waals surface area contributed by atoms with Gasteiger partial charge in [-0.3, -0.25) is 9.48 Å². The van der Waals surface area contributed by atoms with Gasteiger partial charge in [0.2, 0.25) is 0 Å². The Balaban J connectivity index is 1.97. The molecule has 5 nitrogen and oxygen atoms in total. The smallest absolute Gasteiger partial charge is 0.251 e. The molecule has 3 rings (SSSR count). The molecule has 0 fully saturated rings. The van der Waals surface area contributed by atoms with Crippen molar-refractivity contribution in [2.24, 2.45) is 7.05 Å². The van der Waals surface area contributed by atoms with Crippen LogP contribution in [0.1, 0.15) is 11.6 Å². The maximum atomic E-state index is 13.1. The number of fused-ring (bicyclic) bond motifs is 1. The summed E-state index contributed by atoms with van der Waals surface area (Å²) in [5, 5.41) is 9.78. The van der Waals surface area contributed by atoms with Gasteiger partial charge >= 0.3 is 0 Å². The Kier molecular flexibility index (Phi) is 2.29. The zero-order valence-electron chi connectivity index (χ0n) is 9.64. The molecule has 2 N–H and O–H groups in total. The van der Waals surface area contributed by atoms with Crippen LogP contribution in [0.5, 0.6) is 0 Å². The number of hydrogen-bond acceptors (Lipinski definition) is 3. The Morgan fingerprint density at radius 2 is 2.22 bits per heavy atom. The fourth-order valence-corrected chi connectivity index (χ4v) is 2.00. The minimum atomic E-state index is -0.503. The standard InChI is InChI=1S/C12H11FN4O/c1-17-6-7(5-14-17)11-12(18)16-10-4-8(13)2-3-9(10)15-11/h2-6,11,15H,1H3,(H,16,18). The number of nitrogens with zero attached hydrogens (tertiary/aromatic N) is 2. The van der Waals surface area contributed by atoms with Crippen LogP contribution in [0, 0.1) is 5.82 Å². The summed E-state index contributed by atoms with van der Waals surface area (Å²) in [6.07, 6.45) is 3.40. The number of rotatable bonds is 1. The minimum Gasteiger partial charge on any atom is -0.368 e. The van der Waals surface area contributed by atoms with Crippen molar-refractivity contribution in [1.82, 2.24) is 9.78 Å². The predicted octanol–water partition coefficient (Wildman–Crippen LogP) is 1.66. The summed E-state index contributed by atoms with van der Waals surface area (Å²) in [6, 6.07) is 3.74. The molecule has 0 aliphatic carbocycles. The number of halogens is 1. The molecule has 6 heteroatoms. The molecule has 0 radical (unpaired) electrons. The third-order valence-corrected chi connectivity index (χ3v) is 2.86. The molecule has 92 valence electrons. The van der Waals surface area contributed by atoms with Crippen molar-refractivity contribution >= 4 is 17.3 Å². The molecule has 1 amide bonds. The Morgan fingerprint density at radius 3 is 2.94 bits per heavy atom. The highest BCUT2D eigenvalue weighted by Gasteiger charge is 2.27. The number of carbonyl (C=O) groups excluding carboxylic acids is 1. The largest absolute Gasteiger partial charge is 0.368 e. The maximum absolute atomic E-state index is 13.1.